The maximum Gasteiger partial charge on any atom is 0.272 e. The van der Waals surface area contributed by atoms with Gasteiger partial charge in [-0.05, 0) is 25.0 Å². The number of hydrogen-bond acceptors (Lipinski definition) is 3. The van der Waals surface area contributed by atoms with Gasteiger partial charge in [0, 0.05) is 30.8 Å². The summed E-state index contributed by atoms with van der Waals surface area (Å²) in [5, 5.41) is 0. The predicted octanol–water partition coefficient (Wildman–Crippen LogP) is 2.96. The van der Waals surface area contributed by atoms with Crippen molar-refractivity contribution in [1.29, 1.82) is 0 Å². The van der Waals surface area contributed by atoms with Crippen molar-refractivity contribution in [3.63, 3.8) is 0 Å². The average Bonchev–Trinajstić information content (AvgIpc) is 3.04. The van der Waals surface area contributed by atoms with Crippen LogP contribution in [0.4, 0.5) is 0 Å². The van der Waals surface area contributed by atoms with Crippen molar-refractivity contribution in [3.8, 4) is 0 Å². The summed E-state index contributed by atoms with van der Waals surface area (Å²) in [4.78, 5) is 30.8. The number of aromatic nitrogens is 1. The van der Waals surface area contributed by atoms with Gasteiger partial charge in [-0.25, -0.2) is 0 Å². The highest BCUT2D eigenvalue weighted by atomic mass is 16.2. The molecule has 1 aliphatic rings. The number of likely N-dealkylation sites (tertiary alicyclic amines) is 1. The van der Waals surface area contributed by atoms with E-state index < -0.39 is 0 Å². The summed E-state index contributed by atoms with van der Waals surface area (Å²) in [5.74, 6) is 0.00952. The highest BCUT2D eigenvalue weighted by Gasteiger charge is 2.31. The fourth-order valence-electron chi connectivity index (χ4n) is 2.91. The summed E-state index contributed by atoms with van der Waals surface area (Å²) < 4.78 is 0. The van der Waals surface area contributed by atoms with Gasteiger partial charge >= 0.3 is 0 Å². The Labute approximate surface area is 129 Å². The van der Waals surface area contributed by atoms with Crippen molar-refractivity contribution in [1.82, 2.24) is 9.88 Å². The monoisotopic (exact) mass is 294 g/mol. The third kappa shape index (κ3) is 3.06. The number of Topliss-reactive ketones (excluding diaryl/α,β-unsaturated/α-hetero) is 1. The zero-order valence-corrected chi connectivity index (χ0v) is 12.3. The van der Waals surface area contributed by atoms with E-state index in [9.17, 15) is 9.59 Å². The fourth-order valence-corrected chi connectivity index (χ4v) is 2.91. The van der Waals surface area contributed by atoms with E-state index in [1.54, 1.807) is 29.3 Å². The Morgan fingerprint density at radius 3 is 2.59 bits per heavy atom. The number of pyridine rings is 1. The molecule has 22 heavy (non-hydrogen) atoms. The number of benzene rings is 1. The van der Waals surface area contributed by atoms with E-state index >= 15 is 0 Å². The number of amides is 1. The van der Waals surface area contributed by atoms with Gasteiger partial charge in [0.25, 0.3) is 5.91 Å². The lowest BCUT2D eigenvalue weighted by molar-refractivity contribution is 0.0711. The maximum atomic E-state index is 12.5. The molecule has 112 valence electrons. The molecule has 0 bridgehead atoms. The molecule has 1 saturated heterocycles. The minimum atomic E-state index is -0.0797. The molecule has 2 aromatic rings. The SMILES string of the molecule is O=C(C[C@@H]1CCCN1C(=O)c1ccccn1)c1ccccc1. The average molecular weight is 294 g/mol. The van der Waals surface area contributed by atoms with Gasteiger partial charge in [0.1, 0.15) is 5.69 Å². The van der Waals surface area contributed by atoms with Crippen molar-refractivity contribution in [3.05, 3.63) is 66.0 Å². The first-order chi connectivity index (χ1) is 10.8. The normalized spacial score (nSPS) is 17.5. The predicted molar refractivity (Wildman–Crippen MR) is 83.7 cm³/mol. The van der Waals surface area contributed by atoms with Crippen LogP contribution in [-0.4, -0.2) is 34.2 Å². The molecule has 1 amide bonds. The second kappa shape index (κ2) is 6.52. The Morgan fingerprint density at radius 1 is 1.09 bits per heavy atom. The van der Waals surface area contributed by atoms with Crippen LogP contribution in [0.2, 0.25) is 0 Å². The quantitative estimate of drug-likeness (QED) is 0.815. The number of nitrogens with zero attached hydrogens (tertiary/aromatic N) is 2. The van der Waals surface area contributed by atoms with Gasteiger partial charge in [0.15, 0.2) is 5.78 Å². The Hall–Kier alpha value is -2.49. The number of ketones is 1. The molecule has 1 fully saturated rings. The number of carbonyl (C=O) groups excluding carboxylic acids is 2. The molecule has 0 aliphatic carbocycles. The molecule has 1 atom stereocenters. The number of rotatable bonds is 4. The van der Waals surface area contributed by atoms with Crippen molar-refractivity contribution < 1.29 is 9.59 Å². The second-order valence-corrected chi connectivity index (χ2v) is 5.50. The van der Waals surface area contributed by atoms with Crippen LogP contribution in [0.25, 0.3) is 0 Å². The van der Waals surface area contributed by atoms with Gasteiger partial charge < -0.3 is 4.90 Å². The van der Waals surface area contributed by atoms with Gasteiger partial charge in [-0.15, -0.1) is 0 Å². The molecular weight excluding hydrogens is 276 g/mol. The standard InChI is InChI=1S/C18H18N2O2/c21-17(14-7-2-1-3-8-14)13-15-9-6-12-20(15)18(22)16-10-4-5-11-19-16/h1-5,7-8,10-11,15H,6,9,12-13H2/t15-/m0/s1. The largest absolute Gasteiger partial charge is 0.334 e. The van der Waals surface area contributed by atoms with Gasteiger partial charge in [-0.3, -0.25) is 14.6 Å². The summed E-state index contributed by atoms with van der Waals surface area (Å²) in [7, 11) is 0. The molecule has 2 heterocycles. The van der Waals surface area contributed by atoms with Crippen LogP contribution in [0, 0.1) is 0 Å². The van der Waals surface area contributed by atoms with E-state index in [0.29, 0.717) is 24.2 Å². The van der Waals surface area contributed by atoms with Crippen LogP contribution >= 0.6 is 0 Å². The first-order valence-corrected chi connectivity index (χ1v) is 7.56. The minimum absolute atomic E-state index is 0.0257. The van der Waals surface area contributed by atoms with Crippen LogP contribution in [-0.2, 0) is 0 Å². The van der Waals surface area contributed by atoms with Crippen LogP contribution in [0.1, 0.15) is 40.1 Å². The lowest BCUT2D eigenvalue weighted by atomic mass is 10.0. The summed E-state index contributed by atoms with van der Waals surface area (Å²) >= 11 is 0. The number of hydrogen-bond donors (Lipinski definition) is 0. The zero-order chi connectivity index (χ0) is 15.4. The molecule has 0 saturated carbocycles. The van der Waals surface area contributed by atoms with Crippen LogP contribution in [0.15, 0.2) is 54.7 Å². The first-order valence-electron chi connectivity index (χ1n) is 7.56. The molecular formula is C18H18N2O2. The van der Waals surface area contributed by atoms with E-state index in [2.05, 4.69) is 4.98 Å². The molecule has 0 unspecified atom stereocenters. The summed E-state index contributed by atoms with van der Waals surface area (Å²) in [6, 6.07) is 14.5. The zero-order valence-electron chi connectivity index (χ0n) is 12.3. The van der Waals surface area contributed by atoms with Crippen LogP contribution < -0.4 is 0 Å². The summed E-state index contributed by atoms with van der Waals surface area (Å²) in [5.41, 5.74) is 1.15. The Kier molecular flexibility index (Phi) is 4.28. The Bertz CT molecular complexity index is 655. The van der Waals surface area contributed by atoms with E-state index in [1.807, 2.05) is 30.3 Å². The van der Waals surface area contributed by atoms with Gasteiger partial charge in [0.2, 0.25) is 0 Å². The van der Waals surface area contributed by atoms with Crippen LogP contribution in [0.5, 0.6) is 0 Å². The van der Waals surface area contributed by atoms with E-state index in [0.717, 1.165) is 12.8 Å². The molecule has 1 aromatic heterocycles. The minimum Gasteiger partial charge on any atom is -0.334 e. The van der Waals surface area contributed by atoms with Crippen LogP contribution in [0.3, 0.4) is 0 Å². The summed E-state index contributed by atoms with van der Waals surface area (Å²) in [6.45, 7) is 0.697. The van der Waals surface area contributed by atoms with Crippen molar-refractivity contribution in [2.75, 3.05) is 6.54 Å². The Morgan fingerprint density at radius 2 is 1.86 bits per heavy atom. The smallest absolute Gasteiger partial charge is 0.272 e. The van der Waals surface area contributed by atoms with Crippen molar-refractivity contribution in [2.45, 2.75) is 25.3 Å². The van der Waals surface area contributed by atoms with E-state index in [4.69, 9.17) is 0 Å². The molecule has 0 radical (unpaired) electrons. The molecule has 4 nitrogen and oxygen atoms in total. The molecule has 1 aliphatic heterocycles. The third-order valence-electron chi connectivity index (χ3n) is 4.04. The molecule has 1 aromatic carbocycles. The highest BCUT2D eigenvalue weighted by Crippen LogP contribution is 2.23. The molecule has 0 N–H and O–H groups in total. The fraction of sp³-hybridized carbons (Fsp3) is 0.278. The van der Waals surface area contributed by atoms with Gasteiger partial charge in [0.05, 0.1) is 0 Å². The molecule has 4 heteroatoms. The third-order valence-corrected chi connectivity index (χ3v) is 4.04. The van der Waals surface area contributed by atoms with E-state index in [1.165, 1.54) is 0 Å². The van der Waals surface area contributed by atoms with Crippen molar-refractivity contribution >= 4 is 11.7 Å². The maximum absolute atomic E-state index is 12.5. The lowest BCUT2D eigenvalue weighted by Gasteiger charge is -2.24. The topological polar surface area (TPSA) is 50.3 Å². The van der Waals surface area contributed by atoms with Crippen molar-refractivity contribution in [2.24, 2.45) is 0 Å². The lowest BCUT2D eigenvalue weighted by Crippen LogP contribution is -2.37. The number of carbonyl (C=O) groups is 2. The Balaban J connectivity index is 1.71. The van der Waals surface area contributed by atoms with Gasteiger partial charge in [-0.2, -0.15) is 0 Å². The molecule has 3 rings (SSSR count). The van der Waals surface area contributed by atoms with Gasteiger partial charge in [-0.1, -0.05) is 36.4 Å². The summed E-state index contributed by atoms with van der Waals surface area (Å²) in [6.07, 6.45) is 3.80. The highest BCUT2D eigenvalue weighted by molar-refractivity contribution is 5.97. The molecule has 0 spiro atoms. The second-order valence-electron chi connectivity index (χ2n) is 5.50. The first kappa shape index (κ1) is 14.4. The van der Waals surface area contributed by atoms with E-state index in [-0.39, 0.29) is 17.7 Å².